The van der Waals surface area contributed by atoms with Crippen molar-refractivity contribution in [3.05, 3.63) is 52.4 Å². The van der Waals surface area contributed by atoms with Crippen LogP contribution in [0.1, 0.15) is 5.56 Å². The molecule has 1 aliphatic rings. The molecule has 1 aromatic heterocycles. The fourth-order valence-electron chi connectivity index (χ4n) is 3.11. The average molecular weight is 367 g/mol. The molecule has 1 aliphatic heterocycles. The van der Waals surface area contributed by atoms with Gasteiger partial charge in [0, 0.05) is 5.39 Å². The van der Waals surface area contributed by atoms with E-state index in [9.17, 15) is 9.59 Å². The summed E-state index contributed by atoms with van der Waals surface area (Å²) in [6, 6.07) is 10.3. The number of ether oxygens (including phenoxy) is 3. The lowest BCUT2D eigenvalue weighted by atomic mass is 9.99. The van der Waals surface area contributed by atoms with Gasteiger partial charge in [0.25, 0.3) is 5.91 Å². The quantitative estimate of drug-likeness (QED) is 0.711. The van der Waals surface area contributed by atoms with Gasteiger partial charge in [0.1, 0.15) is 24.5 Å². The van der Waals surface area contributed by atoms with Gasteiger partial charge in [0.2, 0.25) is 0 Å². The SMILES string of the molecule is Cc1c(-c2ccc3c(c2)OCCO3)c(=O)oc2ccc(OCC(N)=O)cc12. The highest BCUT2D eigenvalue weighted by atomic mass is 16.6. The zero-order chi connectivity index (χ0) is 19.0. The van der Waals surface area contributed by atoms with Gasteiger partial charge < -0.3 is 24.4 Å². The van der Waals surface area contributed by atoms with E-state index < -0.39 is 11.5 Å². The molecule has 0 radical (unpaired) electrons. The largest absolute Gasteiger partial charge is 0.486 e. The monoisotopic (exact) mass is 367 g/mol. The first-order chi connectivity index (χ1) is 13.0. The predicted molar refractivity (Wildman–Crippen MR) is 98.3 cm³/mol. The molecule has 0 saturated carbocycles. The van der Waals surface area contributed by atoms with Crippen molar-refractivity contribution in [2.24, 2.45) is 5.73 Å². The van der Waals surface area contributed by atoms with Crippen molar-refractivity contribution in [1.29, 1.82) is 0 Å². The summed E-state index contributed by atoms with van der Waals surface area (Å²) in [5, 5.41) is 0.710. The van der Waals surface area contributed by atoms with Crippen LogP contribution in [0.25, 0.3) is 22.1 Å². The first kappa shape index (κ1) is 17.0. The molecule has 1 amide bonds. The van der Waals surface area contributed by atoms with Crippen LogP contribution in [0.15, 0.2) is 45.6 Å². The van der Waals surface area contributed by atoms with Gasteiger partial charge in [0.15, 0.2) is 18.1 Å². The number of nitrogens with two attached hydrogens (primary N) is 1. The number of hydrogen-bond acceptors (Lipinski definition) is 6. The Hall–Kier alpha value is -3.48. The standard InChI is InChI=1S/C20H17NO6/c1-11-14-9-13(26-10-18(21)22)3-5-15(14)27-20(23)19(11)12-2-4-16-17(8-12)25-7-6-24-16/h2-5,8-9H,6-7,10H2,1H3,(H2,21,22). The molecule has 2 N–H and O–H groups in total. The molecular weight excluding hydrogens is 350 g/mol. The van der Waals surface area contributed by atoms with Gasteiger partial charge in [0.05, 0.1) is 5.56 Å². The Bertz CT molecular complexity index is 1100. The Morgan fingerprint density at radius 1 is 1.11 bits per heavy atom. The summed E-state index contributed by atoms with van der Waals surface area (Å²) in [4.78, 5) is 23.5. The molecule has 0 aliphatic carbocycles. The van der Waals surface area contributed by atoms with E-state index in [1.165, 1.54) is 0 Å². The molecule has 0 saturated heterocycles. The molecule has 0 unspecified atom stereocenters. The summed E-state index contributed by atoms with van der Waals surface area (Å²) in [7, 11) is 0. The second-order valence-electron chi connectivity index (χ2n) is 6.16. The maximum Gasteiger partial charge on any atom is 0.344 e. The van der Waals surface area contributed by atoms with Crippen LogP contribution in [0.4, 0.5) is 0 Å². The highest BCUT2D eigenvalue weighted by Crippen LogP contribution is 2.36. The van der Waals surface area contributed by atoms with E-state index >= 15 is 0 Å². The Balaban J connectivity index is 1.82. The van der Waals surface area contributed by atoms with Gasteiger partial charge in [-0.25, -0.2) is 4.79 Å². The predicted octanol–water partition coefficient (Wildman–Crippen LogP) is 2.40. The molecule has 3 aromatic rings. The van der Waals surface area contributed by atoms with Gasteiger partial charge in [-0.1, -0.05) is 6.07 Å². The first-order valence-electron chi connectivity index (χ1n) is 8.41. The van der Waals surface area contributed by atoms with Gasteiger partial charge in [-0.2, -0.15) is 0 Å². The number of fused-ring (bicyclic) bond motifs is 2. The van der Waals surface area contributed by atoms with Crippen molar-refractivity contribution in [2.45, 2.75) is 6.92 Å². The van der Waals surface area contributed by atoms with Crippen molar-refractivity contribution >= 4 is 16.9 Å². The molecule has 2 heterocycles. The normalized spacial score (nSPS) is 12.8. The molecule has 0 spiro atoms. The number of benzene rings is 2. The molecule has 0 bridgehead atoms. The number of carbonyl (C=O) groups excluding carboxylic acids is 1. The van der Waals surface area contributed by atoms with E-state index in [0.29, 0.717) is 52.6 Å². The summed E-state index contributed by atoms with van der Waals surface area (Å²) in [5.41, 5.74) is 6.96. The highest BCUT2D eigenvalue weighted by molar-refractivity contribution is 5.88. The third kappa shape index (κ3) is 3.19. The van der Waals surface area contributed by atoms with E-state index in [2.05, 4.69) is 0 Å². The minimum atomic E-state index is -0.566. The lowest BCUT2D eigenvalue weighted by molar-refractivity contribution is -0.119. The van der Waals surface area contributed by atoms with Gasteiger partial charge in [-0.3, -0.25) is 4.79 Å². The number of rotatable bonds is 4. The Kier molecular flexibility index (Phi) is 4.19. The Morgan fingerprint density at radius 3 is 2.67 bits per heavy atom. The van der Waals surface area contributed by atoms with Crippen molar-refractivity contribution < 1.29 is 23.4 Å². The van der Waals surface area contributed by atoms with Crippen LogP contribution < -0.4 is 25.6 Å². The summed E-state index contributed by atoms with van der Waals surface area (Å²) in [6.07, 6.45) is 0. The van der Waals surface area contributed by atoms with Gasteiger partial charge in [-0.05, 0) is 48.4 Å². The summed E-state index contributed by atoms with van der Waals surface area (Å²) >= 11 is 0. The molecule has 138 valence electrons. The van der Waals surface area contributed by atoms with E-state index in [4.69, 9.17) is 24.4 Å². The summed E-state index contributed by atoms with van der Waals surface area (Å²) in [6.45, 7) is 2.57. The molecule has 27 heavy (non-hydrogen) atoms. The number of carbonyl (C=O) groups is 1. The lowest BCUT2D eigenvalue weighted by Crippen LogP contribution is -2.20. The van der Waals surface area contributed by atoms with Crippen LogP contribution in [-0.4, -0.2) is 25.7 Å². The van der Waals surface area contributed by atoms with E-state index in [1.807, 2.05) is 6.92 Å². The van der Waals surface area contributed by atoms with E-state index in [0.717, 1.165) is 5.56 Å². The highest BCUT2D eigenvalue weighted by Gasteiger charge is 2.18. The smallest absolute Gasteiger partial charge is 0.344 e. The maximum absolute atomic E-state index is 12.6. The molecular formula is C20H17NO6. The van der Waals surface area contributed by atoms with E-state index in [1.54, 1.807) is 36.4 Å². The number of hydrogen-bond donors (Lipinski definition) is 1. The van der Waals surface area contributed by atoms with Crippen molar-refractivity contribution in [2.75, 3.05) is 19.8 Å². The molecule has 0 fully saturated rings. The van der Waals surface area contributed by atoms with Crippen LogP contribution >= 0.6 is 0 Å². The van der Waals surface area contributed by atoms with Crippen molar-refractivity contribution in [3.63, 3.8) is 0 Å². The fourth-order valence-corrected chi connectivity index (χ4v) is 3.11. The van der Waals surface area contributed by atoms with Crippen LogP contribution in [0.2, 0.25) is 0 Å². The van der Waals surface area contributed by atoms with Crippen molar-refractivity contribution in [1.82, 2.24) is 0 Å². The number of aryl methyl sites for hydroxylation is 1. The van der Waals surface area contributed by atoms with Crippen molar-refractivity contribution in [3.8, 4) is 28.4 Å². The molecule has 4 rings (SSSR count). The maximum atomic E-state index is 12.6. The van der Waals surface area contributed by atoms with Crippen LogP contribution in [0, 0.1) is 6.92 Å². The zero-order valence-corrected chi connectivity index (χ0v) is 14.6. The summed E-state index contributed by atoms with van der Waals surface area (Å²) < 4.78 is 22.0. The lowest BCUT2D eigenvalue weighted by Gasteiger charge is -2.19. The number of primary amides is 1. The molecule has 7 nitrogen and oxygen atoms in total. The topological polar surface area (TPSA) is 101 Å². The average Bonchev–Trinajstić information content (AvgIpc) is 2.66. The second-order valence-corrected chi connectivity index (χ2v) is 6.16. The Labute approximate surface area is 154 Å². The minimum Gasteiger partial charge on any atom is -0.486 e. The van der Waals surface area contributed by atoms with Crippen LogP contribution in [-0.2, 0) is 4.79 Å². The minimum absolute atomic E-state index is 0.226. The molecule has 7 heteroatoms. The third-order valence-electron chi connectivity index (χ3n) is 4.35. The van der Waals surface area contributed by atoms with Gasteiger partial charge >= 0.3 is 5.63 Å². The van der Waals surface area contributed by atoms with Crippen LogP contribution in [0.3, 0.4) is 0 Å². The first-order valence-corrected chi connectivity index (χ1v) is 8.41. The second kappa shape index (κ2) is 6.68. The number of amides is 1. The fraction of sp³-hybridized carbons (Fsp3) is 0.200. The molecule has 2 aromatic carbocycles. The van der Waals surface area contributed by atoms with E-state index in [-0.39, 0.29) is 6.61 Å². The molecule has 0 atom stereocenters. The summed E-state index contributed by atoms with van der Waals surface area (Å²) in [5.74, 6) is 1.14. The Morgan fingerprint density at radius 2 is 1.89 bits per heavy atom. The third-order valence-corrected chi connectivity index (χ3v) is 4.35. The van der Waals surface area contributed by atoms with Crippen LogP contribution in [0.5, 0.6) is 17.2 Å². The van der Waals surface area contributed by atoms with Gasteiger partial charge in [-0.15, -0.1) is 0 Å². The zero-order valence-electron chi connectivity index (χ0n) is 14.6.